The van der Waals surface area contributed by atoms with Gasteiger partial charge in [0, 0.05) is 23.9 Å². The Morgan fingerprint density at radius 1 is 1.37 bits per heavy atom. The third-order valence-electron chi connectivity index (χ3n) is 2.56. The van der Waals surface area contributed by atoms with E-state index in [0.717, 1.165) is 22.5 Å². The third kappa shape index (κ3) is 4.41. The Bertz CT molecular complexity index is 663. The first-order valence-corrected chi connectivity index (χ1v) is 8.67. The smallest absolute Gasteiger partial charge is 0.208 e. The molecule has 4 nitrogen and oxygen atoms in total. The standard InChI is InChI=1S/C13H16N2O2S2/c1-10-4-3-5-11(8-10)13-15-12(9-18-13)6-7-14-19(2,16)17/h3-5,8-9,14H,6-7H2,1-2H3. The average molecular weight is 296 g/mol. The number of nitrogens with zero attached hydrogens (tertiary/aromatic N) is 1. The van der Waals surface area contributed by atoms with Crippen molar-refractivity contribution in [3.05, 3.63) is 40.9 Å². The van der Waals surface area contributed by atoms with E-state index in [9.17, 15) is 8.42 Å². The number of hydrogen-bond acceptors (Lipinski definition) is 4. The summed E-state index contributed by atoms with van der Waals surface area (Å²) < 4.78 is 24.4. The SMILES string of the molecule is Cc1cccc(-c2nc(CCNS(C)(=O)=O)cs2)c1. The third-order valence-corrected chi connectivity index (χ3v) is 4.23. The molecule has 0 saturated carbocycles. The van der Waals surface area contributed by atoms with E-state index in [-0.39, 0.29) is 0 Å². The molecule has 1 heterocycles. The summed E-state index contributed by atoms with van der Waals surface area (Å²) in [5.41, 5.74) is 3.22. The van der Waals surface area contributed by atoms with Gasteiger partial charge < -0.3 is 0 Å². The Morgan fingerprint density at radius 3 is 2.84 bits per heavy atom. The maximum Gasteiger partial charge on any atom is 0.208 e. The van der Waals surface area contributed by atoms with Crippen molar-refractivity contribution in [3.8, 4) is 10.6 Å². The number of aromatic nitrogens is 1. The van der Waals surface area contributed by atoms with E-state index < -0.39 is 10.0 Å². The largest absolute Gasteiger partial charge is 0.241 e. The second-order valence-electron chi connectivity index (χ2n) is 4.43. The van der Waals surface area contributed by atoms with E-state index in [1.807, 2.05) is 30.5 Å². The normalized spacial score (nSPS) is 11.7. The maximum absolute atomic E-state index is 11.0. The lowest BCUT2D eigenvalue weighted by atomic mass is 10.1. The first kappa shape index (κ1) is 14.2. The van der Waals surface area contributed by atoms with Crippen LogP contribution >= 0.6 is 11.3 Å². The molecule has 102 valence electrons. The number of hydrogen-bond donors (Lipinski definition) is 1. The quantitative estimate of drug-likeness (QED) is 0.920. The van der Waals surface area contributed by atoms with E-state index in [1.165, 1.54) is 5.56 Å². The monoisotopic (exact) mass is 296 g/mol. The highest BCUT2D eigenvalue weighted by Crippen LogP contribution is 2.24. The molecule has 0 amide bonds. The molecule has 0 radical (unpaired) electrons. The van der Waals surface area contributed by atoms with Crippen LogP contribution in [0.15, 0.2) is 29.6 Å². The van der Waals surface area contributed by atoms with Crippen molar-refractivity contribution in [1.29, 1.82) is 0 Å². The molecule has 0 spiro atoms. The number of thiazole rings is 1. The predicted molar refractivity (Wildman–Crippen MR) is 78.8 cm³/mol. The molecule has 19 heavy (non-hydrogen) atoms. The second-order valence-corrected chi connectivity index (χ2v) is 7.12. The molecule has 1 N–H and O–H groups in total. The van der Waals surface area contributed by atoms with E-state index in [2.05, 4.69) is 15.8 Å². The molecule has 0 aliphatic heterocycles. The Hall–Kier alpha value is -1.24. The van der Waals surface area contributed by atoms with Crippen LogP contribution in [0.3, 0.4) is 0 Å². The summed E-state index contributed by atoms with van der Waals surface area (Å²) in [4.78, 5) is 4.52. The lowest BCUT2D eigenvalue weighted by molar-refractivity contribution is 0.587. The number of aryl methyl sites for hydroxylation is 1. The van der Waals surface area contributed by atoms with Gasteiger partial charge in [-0.15, -0.1) is 11.3 Å². The summed E-state index contributed by atoms with van der Waals surface area (Å²) in [6.45, 7) is 2.43. The van der Waals surface area contributed by atoms with Gasteiger partial charge in [-0.05, 0) is 13.0 Å². The molecule has 0 unspecified atom stereocenters. The van der Waals surface area contributed by atoms with Gasteiger partial charge >= 0.3 is 0 Å². The molecular formula is C13H16N2O2S2. The van der Waals surface area contributed by atoms with Crippen molar-refractivity contribution in [1.82, 2.24) is 9.71 Å². The van der Waals surface area contributed by atoms with Gasteiger partial charge in [0.25, 0.3) is 0 Å². The summed E-state index contributed by atoms with van der Waals surface area (Å²) in [6, 6.07) is 8.19. The zero-order valence-electron chi connectivity index (χ0n) is 10.9. The Morgan fingerprint density at radius 2 is 2.16 bits per heavy atom. The molecule has 2 rings (SSSR count). The van der Waals surface area contributed by atoms with Gasteiger partial charge in [0.15, 0.2) is 0 Å². The molecule has 0 fully saturated rings. The van der Waals surface area contributed by atoms with Crippen LogP contribution in [0.5, 0.6) is 0 Å². The minimum atomic E-state index is -3.12. The molecule has 1 aromatic carbocycles. The topological polar surface area (TPSA) is 59.1 Å². The fraction of sp³-hybridized carbons (Fsp3) is 0.308. The highest BCUT2D eigenvalue weighted by Gasteiger charge is 2.06. The molecular weight excluding hydrogens is 280 g/mol. The van der Waals surface area contributed by atoms with Gasteiger partial charge in [0.1, 0.15) is 5.01 Å². The van der Waals surface area contributed by atoms with Crippen molar-refractivity contribution in [2.24, 2.45) is 0 Å². The van der Waals surface area contributed by atoms with Gasteiger partial charge in [-0.2, -0.15) is 0 Å². The Labute approximate surface area is 117 Å². The van der Waals surface area contributed by atoms with Gasteiger partial charge in [0.2, 0.25) is 10.0 Å². The molecule has 0 aliphatic rings. The summed E-state index contributed by atoms with van der Waals surface area (Å²) in [6.07, 6.45) is 1.77. The average Bonchev–Trinajstić information content (AvgIpc) is 2.76. The molecule has 6 heteroatoms. The van der Waals surface area contributed by atoms with Crippen LogP contribution < -0.4 is 4.72 Å². The molecule has 0 saturated heterocycles. The van der Waals surface area contributed by atoms with Crippen LogP contribution in [0.4, 0.5) is 0 Å². The summed E-state index contributed by atoms with van der Waals surface area (Å²) >= 11 is 1.58. The van der Waals surface area contributed by atoms with Crippen LogP contribution in [0.1, 0.15) is 11.3 Å². The molecule has 1 aromatic heterocycles. The zero-order chi connectivity index (χ0) is 13.9. The summed E-state index contributed by atoms with van der Waals surface area (Å²) in [7, 11) is -3.12. The van der Waals surface area contributed by atoms with Crippen LogP contribution in [0.2, 0.25) is 0 Å². The lowest BCUT2D eigenvalue weighted by Crippen LogP contribution is -2.24. The first-order valence-electron chi connectivity index (χ1n) is 5.90. The fourth-order valence-corrected chi connectivity index (χ4v) is 3.02. The van der Waals surface area contributed by atoms with E-state index >= 15 is 0 Å². The maximum atomic E-state index is 11.0. The lowest BCUT2D eigenvalue weighted by Gasteiger charge is -2.00. The molecule has 0 atom stereocenters. The molecule has 2 aromatic rings. The van der Waals surface area contributed by atoms with Crippen molar-refractivity contribution >= 4 is 21.4 Å². The van der Waals surface area contributed by atoms with E-state index in [1.54, 1.807) is 11.3 Å². The second kappa shape index (κ2) is 5.81. The van der Waals surface area contributed by atoms with Crippen molar-refractivity contribution < 1.29 is 8.42 Å². The van der Waals surface area contributed by atoms with E-state index in [0.29, 0.717) is 13.0 Å². The number of benzene rings is 1. The highest BCUT2D eigenvalue weighted by molar-refractivity contribution is 7.88. The predicted octanol–water partition coefficient (Wildman–Crippen LogP) is 2.21. The van der Waals surface area contributed by atoms with E-state index in [4.69, 9.17) is 0 Å². The zero-order valence-corrected chi connectivity index (χ0v) is 12.5. The molecule has 0 bridgehead atoms. The first-order chi connectivity index (χ1) is 8.94. The highest BCUT2D eigenvalue weighted by atomic mass is 32.2. The van der Waals surface area contributed by atoms with Crippen LogP contribution in [0, 0.1) is 6.92 Å². The number of sulfonamides is 1. The van der Waals surface area contributed by atoms with Crippen molar-refractivity contribution in [3.63, 3.8) is 0 Å². The van der Waals surface area contributed by atoms with Crippen LogP contribution in [-0.4, -0.2) is 26.2 Å². The minimum Gasteiger partial charge on any atom is -0.241 e. The summed E-state index contributed by atoms with van der Waals surface area (Å²) in [5, 5.41) is 2.94. The van der Waals surface area contributed by atoms with Gasteiger partial charge in [0.05, 0.1) is 11.9 Å². The van der Waals surface area contributed by atoms with Crippen molar-refractivity contribution in [2.45, 2.75) is 13.3 Å². The number of rotatable bonds is 5. The van der Waals surface area contributed by atoms with Crippen LogP contribution in [0.25, 0.3) is 10.6 Å². The fourth-order valence-electron chi connectivity index (χ4n) is 1.70. The Balaban J connectivity index is 2.03. The number of nitrogens with one attached hydrogen (secondary N) is 1. The van der Waals surface area contributed by atoms with Crippen molar-refractivity contribution in [2.75, 3.05) is 12.8 Å². The summed E-state index contributed by atoms with van der Waals surface area (Å²) in [5.74, 6) is 0. The minimum absolute atomic E-state index is 0.385. The van der Waals surface area contributed by atoms with Gasteiger partial charge in [-0.1, -0.05) is 23.8 Å². The Kier molecular flexibility index (Phi) is 4.34. The van der Waals surface area contributed by atoms with Gasteiger partial charge in [-0.25, -0.2) is 18.1 Å². The molecule has 0 aliphatic carbocycles. The van der Waals surface area contributed by atoms with Crippen LogP contribution in [-0.2, 0) is 16.4 Å². The van der Waals surface area contributed by atoms with Gasteiger partial charge in [-0.3, -0.25) is 0 Å².